The van der Waals surface area contributed by atoms with Crippen molar-refractivity contribution in [3.05, 3.63) is 87.5 Å². The monoisotopic (exact) mass is 408 g/mol. The standard InChI is InChI=1S/C22H17ClN2O2S/c1-14-12-16(15(2)24(14)19-10-8-17(23)9-11-19)13-20-21(26)25(22(27)28-20)18-6-4-3-5-7-18/h3-13H,1-2H3/b20-13+. The number of rotatable bonds is 3. The Hall–Kier alpha value is -2.76. The molecule has 1 aliphatic heterocycles. The number of hydrogen-bond acceptors (Lipinski definition) is 3. The highest BCUT2D eigenvalue weighted by atomic mass is 35.5. The van der Waals surface area contributed by atoms with Gasteiger partial charge in [0.1, 0.15) is 0 Å². The van der Waals surface area contributed by atoms with Crippen molar-refractivity contribution in [1.29, 1.82) is 0 Å². The number of halogens is 1. The van der Waals surface area contributed by atoms with Gasteiger partial charge in [-0.2, -0.15) is 0 Å². The van der Waals surface area contributed by atoms with Crippen LogP contribution in [0.3, 0.4) is 0 Å². The molecule has 0 unspecified atom stereocenters. The maximum Gasteiger partial charge on any atom is 0.298 e. The molecule has 4 nitrogen and oxygen atoms in total. The number of amides is 2. The fourth-order valence-electron chi connectivity index (χ4n) is 3.33. The number of aryl methyl sites for hydroxylation is 1. The number of hydrogen-bond donors (Lipinski definition) is 0. The molecule has 0 atom stereocenters. The van der Waals surface area contributed by atoms with Crippen LogP contribution < -0.4 is 4.90 Å². The van der Waals surface area contributed by atoms with Crippen LogP contribution in [0, 0.1) is 13.8 Å². The first kappa shape index (κ1) is 18.6. The van der Waals surface area contributed by atoms with Gasteiger partial charge in [0, 0.05) is 22.1 Å². The second-order valence-electron chi connectivity index (χ2n) is 6.49. The van der Waals surface area contributed by atoms with Gasteiger partial charge in [0.25, 0.3) is 11.1 Å². The first-order valence-electron chi connectivity index (χ1n) is 8.73. The second kappa shape index (κ2) is 7.34. The smallest absolute Gasteiger partial charge is 0.298 e. The normalized spacial score (nSPS) is 15.7. The maximum absolute atomic E-state index is 12.8. The van der Waals surface area contributed by atoms with Gasteiger partial charge in [-0.25, -0.2) is 4.90 Å². The number of carbonyl (C=O) groups excluding carboxylic acids is 2. The number of benzene rings is 2. The average Bonchev–Trinajstić information content (AvgIpc) is 3.12. The van der Waals surface area contributed by atoms with Crippen LogP contribution in [0.5, 0.6) is 0 Å². The number of thioether (sulfide) groups is 1. The lowest BCUT2D eigenvalue weighted by molar-refractivity contribution is -0.113. The van der Waals surface area contributed by atoms with Crippen molar-refractivity contribution in [3.8, 4) is 5.69 Å². The van der Waals surface area contributed by atoms with E-state index in [0.29, 0.717) is 15.6 Å². The lowest BCUT2D eigenvalue weighted by Gasteiger charge is -2.11. The van der Waals surface area contributed by atoms with Crippen molar-refractivity contribution in [2.75, 3.05) is 4.90 Å². The number of para-hydroxylation sites is 1. The van der Waals surface area contributed by atoms with Gasteiger partial charge >= 0.3 is 0 Å². The molecule has 1 fully saturated rings. The molecule has 0 radical (unpaired) electrons. The number of nitrogens with zero attached hydrogens (tertiary/aromatic N) is 2. The number of anilines is 1. The van der Waals surface area contributed by atoms with Gasteiger partial charge in [0.15, 0.2) is 0 Å². The molecule has 28 heavy (non-hydrogen) atoms. The minimum atomic E-state index is -0.294. The van der Waals surface area contributed by atoms with Gasteiger partial charge < -0.3 is 4.57 Å². The summed E-state index contributed by atoms with van der Waals surface area (Å²) in [5.41, 5.74) is 4.52. The van der Waals surface area contributed by atoms with Crippen LogP contribution in [-0.2, 0) is 4.79 Å². The van der Waals surface area contributed by atoms with Crippen LogP contribution in [0.25, 0.3) is 11.8 Å². The lowest BCUT2D eigenvalue weighted by Crippen LogP contribution is -2.27. The Bertz CT molecular complexity index is 1100. The number of carbonyl (C=O) groups is 2. The molecule has 6 heteroatoms. The summed E-state index contributed by atoms with van der Waals surface area (Å²) >= 11 is 6.96. The SMILES string of the molecule is Cc1cc(/C=C2/SC(=O)N(c3ccccc3)C2=O)c(C)n1-c1ccc(Cl)cc1. The lowest BCUT2D eigenvalue weighted by atomic mass is 10.2. The van der Waals surface area contributed by atoms with E-state index in [-0.39, 0.29) is 11.1 Å². The van der Waals surface area contributed by atoms with E-state index in [1.54, 1.807) is 18.2 Å². The highest BCUT2D eigenvalue weighted by Gasteiger charge is 2.36. The molecular weight excluding hydrogens is 392 g/mol. The van der Waals surface area contributed by atoms with Crippen LogP contribution in [0.1, 0.15) is 17.0 Å². The van der Waals surface area contributed by atoms with Crippen molar-refractivity contribution in [1.82, 2.24) is 4.57 Å². The summed E-state index contributed by atoms with van der Waals surface area (Å²) in [6.07, 6.45) is 1.79. The van der Waals surface area contributed by atoms with Crippen LogP contribution in [-0.4, -0.2) is 15.7 Å². The summed E-state index contributed by atoms with van der Waals surface area (Å²) in [5, 5.41) is 0.398. The van der Waals surface area contributed by atoms with E-state index >= 15 is 0 Å². The summed E-state index contributed by atoms with van der Waals surface area (Å²) in [6.45, 7) is 4.00. The zero-order valence-corrected chi connectivity index (χ0v) is 16.9. The molecule has 0 saturated carbocycles. The van der Waals surface area contributed by atoms with Gasteiger partial charge in [-0.1, -0.05) is 29.8 Å². The van der Waals surface area contributed by atoms with Crippen molar-refractivity contribution in [2.45, 2.75) is 13.8 Å². The van der Waals surface area contributed by atoms with Crippen molar-refractivity contribution >= 4 is 46.3 Å². The zero-order valence-electron chi connectivity index (χ0n) is 15.3. The van der Waals surface area contributed by atoms with E-state index in [0.717, 1.165) is 34.4 Å². The second-order valence-corrected chi connectivity index (χ2v) is 7.92. The molecular formula is C22H17ClN2O2S. The van der Waals surface area contributed by atoms with Crippen molar-refractivity contribution in [3.63, 3.8) is 0 Å². The molecule has 0 spiro atoms. The minimum Gasteiger partial charge on any atom is -0.318 e. The highest BCUT2D eigenvalue weighted by Crippen LogP contribution is 2.36. The Labute approximate surface area is 172 Å². The van der Waals surface area contributed by atoms with Gasteiger partial charge in [0.05, 0.1) is 10.6 Å². The molecule has 1 saturated heterocycles. The highest BCUT2D eigenvalue weighted by molar-refractivity contribution is 8.19. The maximum atomic E-state index is 12.8. The van der Waals surface area contributed by atoms with Crippen LogP contribution in [0.4, 0.5) is 10.5 Å². The molecule has 1 aromatic heterocycles. The van der Waals surface area contributed by atoms with Gasteiger partial charge in [0.2, 0.25) is 0 Å². The topological polar surface area (TPSA) is 42.3 Å². The molecule has 0 aliphatic carbocycles. The van der Waals surface area contributed by atoms with Gasteiger partial charge in [-0.15, -0.1) is 0 Å². The first-order valence-corrected chi connectivity index (χ1v) is 9.93. The Morgan fingerprint density at radius 2 is 1.61 bits per heavy atom. The molecule has 2 amide bonds. The Kier molecular flexibility index (Phi) is 4.87. The van der Waals surface area contributed by atoms with E-state index in [4.69, 9.17) is 11.6 Å². The van der Waals surface area contributed by atoms with E-state index < -0.39 is 0 Å². The average molecular weight is 409 g/mol. The van der Waals surface area contributed by atoms with Crippen LogP contribution in [0.2, 0.25) is 5.02 Å². The number of imide groups is 1. The molecule has 140 valence electrons. The van der Waals surface area contributed by atoms with E-state index in [2.05, 4.69) is 4.57 Å². The molecule has 4 rings (SSSR count). The fraction of sp³-hybridized carbons (Fsp3) is 0.0909. The minimum absolute atomic E-state index is 0.283. The van der Waals surface area contributed by atoms with Crippen LogP contribution >= 0.6 is 23.4 Å². The van der Waals surface area contributed by atoms with Gasteiger partial charge in [-0.3, -0.25) is 9.59 Å². The third-order valence-electron chi connectivity index (χ3n) is 4.65. The fourth-order valence-corrected chi connectivity index (χ4v) is 4.29. The summed E-state index contributed by atoms with van der Waals surface area (Å²) in [7, 11) is 0. The van der Waals surface area contributed by atoms with Gasteiger partial charge in [-0.05, 0) is 79.7 Å². The third kappa shape index (κ3) is 3.28. The number of aromatic nitrogens is 1. The van der Waals surface area contributed by atoms with E-state index in [9.17, 15) is 9.59 Å². The molecule has 3 aromatic rings. The third-order valence-corrected chi connectivity index (χ3v) is 5.77. The summed E-state index contributed by atoms with van der Waals surface area (Å²) in [4.78, 5) is 26.9. The molecule has 2 aromatic carbocycles. The van der Waals surface area contributed by atoms with Crippen molar-refractivity contribution < 1.29 is 9.59 Å². The molecule has 0 N–H and O–H groups in total. The molecule has 1 aliphatic rings. The molecule has 0 bridgehead atoms. The quantitative estimate of drug-likeness (QED) is 0.500. The Morgan fingerprint density at radius 1 is 0.929 bits per heavy atom. The molecule has 2 heterocycles. The van der Waals surface area contributed by atoms with Crippen molar-refractivity contribution in [2.24, 2.45) is 0 Å². The van der Waals surface area contributed by atoms with Crippen LogP contribution in [0.15, 0.2) is 65.6 Å². The van der Waals surface area contributed by atoms with E-state index in [1.165, 1.54) is 4.90 Å². The largest absolute Gasteiger partial charge is 0.318 e. The summed E-state index contributed by atoms with van der Waals surface area (Å²) in [5.74, 6) is -0.294. The Morgan fingerprint density at radius 3 is 2.29 bits per heavy atom. The summed E-state index contributed by atoms with van der Waals surface area (Å²) < 4.78 is 2.10. The first-order chi connectivity index (χ1) is 13.5. The predicted octanol–water partition coefficient (Wildman–Crippen LogP) is 5.99. The van der Waals surface area contributed by atoms with E-state index in [1.807, 2.05) is 62.4 Å². The Balaban J connectivity index is 1.70. The summed E-state index contributed by atoms with van der Waals surface area (Å²) in [6, 6.07) is 18.6. The zero-order chi connectivity index (χ0) is 19.8. The predicted molar refractivity (Wildman–Crippen MR) is 115 cm³/mol.